The molecule has 0 heterocycles. The first-order chi connectivity index (χ1) is 2.81. The first kappa shape index (κ1) is 6.03. The summed E-state index contributed by atoms with van der Waals surface area (Å²) in [5, 5.41) is 15.1. The number of hydrogen-bond donors (Lipinski definition) is 2. The van der Waals surface area contributed by atoms with Gasteiger partial charge >= 0.3 is 0 Å². The molecule has 1 atom stereocenters. The van der Waals surface area contributed by atoms with Crippen LogP contribution in [0.2, 0.25) is 0 Å². The molecule has 38 valence electrons. The largest absolute Gasteiger partial charge is 0.380 e. The Labute approximate surface area is 37.0 Å². The summed E-state index contributed by atoms with van der Waals surface area (Å²) >= 11 is -1.92. The third-order valence-electron chi connectivity index (χ3n) is 0.189. The van der Waals surface area contributed by atoms with Crippen molar-refractivity contribution in [2.24, 2.45) is 0 Å². The van der Waals surface area contributed by atoms with Gasteiger partial charge in [0.25, 0.3) is 0 Å². The van der Waals surface area contributed by atoms with E-state index < -0.39 is 17.0 Å². The van der Waals surface area contributed by atoms with Crippen LogP contribution in [0.5, 0.6) is 0 Å². The lowest BCUT2D eigenvalue weighted by Crippen LogP contribution is -1.95. The van der Waals surface area contributed by atoms with E-state index >= 15 is 0 Å². The van der Waals surface area contributed by atoms with Crippen LogP contribution in [0.15, 0.2) is 0 Å². The number of aliphatic hydroxyl groups excluding tert-OH is 1. The van der Waals surface area contributed by atoms with Crippen molar-refractivity contribution in [1.82, 2.24) is 0 Å². The second-order valence-corrected chi connectivity index (χ2v) is 1.52. The molecule has 0 saturated carbocycles. The summed E-state index contributed by atoms with van der Waals surface area (Å²) < 4.78 is 12.7. The average Bonchev–Trinajstić information content (AvgIpc) is 1.65. The first-order valence-electron chi connectivity index (χ1n) is 1.12. The molecule has 4 nitrogen and oxygen atoms in total. The fourth-order valence-electron chi connectivity index (χ4n) is 0.0236. The van der Waals surface area contributed by atoms with Gasteiger partial charge in [-0.3, -0.25) is 0 Å². The predicted octanol–water partition coefficient (Wildman–Crippen LogP) is -0.910. The van der Waals surface area contributed by atoms with Gasteiger partial charge in [0.1, 0.15) is 5.94 Å². The van der Waals surface area contributed by atoms with Crippen molar-refractivity contribution in [1.29, 1.82) is 0 Å². The fraction of sp³-hybridized carbons (Fsp3) is 1.00. The Balaban J connectivity index is 2.99. The first-order valence-corrected chi connectivity index (χ1v) is 2.36. The number of aliphatic hydroxyl groups is 1. The van der Waals surface area contributed by atoms with Gasteiger partial charge in [-0.2, -0.15) is 0 Å². The number of hydrogen-bond acceptors (Lipinski definition) is 4. The van der Waals surface area contributed by atoms with Crippen LogP contribution in [0.3, 0.4) is 0 Å². The molecule has 0 amide bonds. The number of rotatable bonds is 2. The second kappa shape index (κ2) is 3.23. The van der Waals surface area contributed by atoms with Gasteiger partial charge in [0, 0.05) is 0 Å². The molecule has 0 spiro atoms. The van der Waals surface area contributed by atoms with Crippen LogP contribution in [-0.2, 0) is 15.4 Å². The Morgan fingerprint density at radius 3 is 2.33 bits per heavy atom. The normalized spacial score (nSPS) is 14.3. The average molecular weight is 112 g/mol. The van der Waals surface area contributed by atoms with Gasteiger partial charge in [0.2, 0.25) is 11.1 Å². The Morgan fingerprint density at radius 1 is 1.83 bits per heavy atom. The second-order valence-electron chi connectivity index (χ2n) is 0.507. The highest BCUT2D eigenvalue weighted by Gasteiger charge is 1.88. The highest BCUT2D eigenvalue weighted by molar-refractivity contribution is 7.79. The zero-order chi connectivity index (χ0) is 4.99. The van der Waals surface area contributed by atoms with Gasteiger partial charge in [-0.05, 0) is 0 Å². The van der Waals surface area contributed by atoms with Crippen LogP contribution in [-0.4, -0.2) is 20.5 Å². The smallest absolute Gasteiger partial charge is 0.213 e. The summed E-state index contributed by atoms with van der Waals surface area (Å²) in [6, 6.07) is 0. The molecule has 0 aromatic rings. The molecule has 0 bridgehead atoms. The van der Waals surface area contributed by atoms with Crippen molar-refractivity contribution < 1.29 is 18.9 Å². The van der Waals surface area contributed by atoms with E-state index in [2.05, 4.69) is 4.33 Å². The molecular weight excluding hydrogens is 108 g/mol. The van der Waals surface area contributed by atoms with Crippen LogP contribution < -0.4 is 0 Å². The van der Waals surface area contributed by atoms with E-state index in [1.165, 1.54) is 0 Å². The Kier molecular flexibility index (Phi) is 3.24. The maximum Gasteiger partial charge on any atom is 0.213 e. The zero-order valence-electron chi connectivity index (χ0n) is 2.83. The molecule has 1 unspecified atom stereocenters. The molecule has 6 heavy (non-hydrogen) atoms. The molecule has 0 aromatic carbocycles. The Bertz CT molecular complexity index is 45.5. The lowest BCUT2D eigenvalue weighted by molar-refractivity contribution is -0.125. The van der Waals surface area contributed by atoms with Gasteiger partial charge in [0.05, 0.1) is 0 Å². The third kappa shape index (κ3) is 2.28. The monoisotopic (exact) mass is 112 g/mol. The van der Waals surface area contributed by atoms with E-state index in [1.54, 1.807) is 0 Å². The molecule has 0 aliphatic heterocycles. The van der Waals surface area contributed by atoms with Crippen LogP contribution in [0.4, 0.5) is 0 Å². The molecule has 5 heteroatoms. The summed E-state index contributed by atoms with van der Waals surface area (Å²) in [5.41, 5.74) is 0. The van der Waals surface area contributed by atoms with Gasteiger partial charge in [-0.25, -0.2) is 9.47 Å². The maximum atomic E-state index is 9.57. The van der Waals surface area contributed by atoms with E-state index in [-0.39, 0.29) is 0 Å². The minimum absolute atomic E-state index is 0.670. The van der Waals surface area contributed by atoms with Gasteiger partial charge in [-0.15, -0.1) is 4.33 Å². The topological polar surface area (TPSA) is 66.8 Å². The van der Waals surface area contributed by atoms with Crippen molar-refractivity contribution in [2.75, 3.05) is 5.94 Å². The molecule has 0 aliphatic carbocycles. The van der Waals surface area contributed by atoms with Crippen LogP contribution >= 0.6 is 0 Å². The summed E-state index contributed by atoms with van der Waals surface area (Å²) in [7, 11) is 0. The summed E-state index contributed by atoms with van der Waals surface area (Å²) in [6.45, 7) is 0. The molecule has 0 rings (SSSR count). The zero-order valence-corrected chi connectivity index (χ0v) is 3.64. The molecule has 0 aromatic heterocycles. The van der Waals surface area contributed by atoms with Gasteiger partial charge in [0.15, 0.2) is 0 Å². The predicted molar refractivity (Wildman–Crippen MR) is 18.9 cm³/mol. The summed E-state index contributed by atoms with van der Waals surface area (Å²) in [5.74, 6) is -0.670. The molecule has 2 N–H and O–H groups in total. The fourth-order valence-corrected chi connectivity index (χ4v) is 0.0707. The van der Waals surface area contributed by atoms with Gasteiger partial charge < -0.3 is 5.11 Å². The molecular formula is CH4O4S. The lowest BCUT2D eigenvalue weighted by Gasteiger charge is -1.82. The highest BCUT2D eigenvalue weighted by atomic mass is 32.2. The van der Waals surface area contributed by atoms with Gasteiger partial charge in [-0.1, -0.05) is 0 Å². The standard InChI is InChI=1S/CH4O4S/c2-1-6(4)5-3/h2-3H,1H2. The highest BCUT2D eigenvalue weighted by Crippen LogP contribution is 1.72. The maximum absolute atomic E-state index is 9.57. The van der Waals surface area contributed by atoms with Crippen LogP contribution in [0.1, 0.15) is 0 Å². The van der Waals surface area contributed by atoms with E-state index in [1.807, 2.05) is 0 Å². The molecule has 0 radical (unpaired) electrons. The minimum atomic E-state index is -1.92. The quantitative estimate of drug-likeness (QED) is 0.358. The van der Waals surface area contributed by atoms with Crippen molar-refractivity contribution in [2.45, 2.75) is 0 Å². The van der Waals surface area contributed by atoms with E-state index in [0.29, 0.717) is 0 Å². The van der Waals surface area contributed by atoms with E-state index in [4.69, 9.17) is 10.4 Å². The summed E-state index contributed by atoms with van der Waals surface area (Å²) in [6.07, 6.45) is 0. The van der Waals surface area contributed by atoms with Crippen molar-refractivity contribution in [3.63, 3.8) is 0 Å². The minimum Gasteiger partial charge on any atom is -0.380 e. The van der Waals surface area contributed by atoms with E-state index in [0.717, 1.165) is 0 Å². The van der Waals surface area contributed by atoms with Crippen molar-refractivity contribution in [3.05, 3.63) is 0 Å². The van der Waals surface area contributed by atoms with Crippen molar-refractivity contribution in [3.8, 4) is 0 Å². The summed E-state index contributed by atoms with van der Waals surface area (Å²) in [4.78, 5) is 0. The SMILES string of the molecule is O=S(CO)OO. The molecule has 0 aliphatic rings. The Hall–Kier alpha value is 0.0300. The van der Waals surface area contributed by atoms with E-state index in [9.17, 15) is 4.21 Å². The molecule has 0 saturated heterocycles. The van der Waals surface area contributed by atoms with Crippen molar-refractivity contribution >= 4 is 11.1 Å². The molecule has 0 fully saturated rings. The lowest BCUT2D eigenvalue weighted by atomic mass is 11.7. The Morgan fingerprint density at radius 2 is 2.33 bits per heavy atom. The third-order valence-corrected chi connectivity index (χ3v) is 0.566. The van der Waals surface area contributed by atoms with Crippen LogP contribution in [0, 0.1) is 0 Å². The van der Waals surface area contributed by atoms with Crippen LogP contribution in [0.25, 0.3) is 0 Å².